The number of unbranched alkanes of at least 4 members (excludes halogenated alkanes) is 4. The number of nitrogens with zero attached hydrogens (tertiary/aromatic N) is 6. The van der Waals surface area contributed by atoms with Crippen molar-refractivity contribution < 1.29 is 24.0 Å². The number of anilines is 4. The third-order valence-electron chi connectivity index (χ3n) is 10.7. The highest BCUT2D eigenvalue weighted by Gasteiger charge is 2.39. The highest BCUT2D eigenvalue weighted by atomic mass is 35.5. The normalized spacial score (nSPS) is 16.8. The fourth-order valence-corrected chi connectivity index (χ4v) is 8.63. The molecule has 14 nitrogen and oxygen atoms in total. The number of aryl methyl sites for hydroxylation is 3. The van der Waals surface area contributed by atoms with Gasteiger partial charge in [-0.25, -0.2) is 15.0 Å². The second-order valence-electron chi connectivity index (χ2n) is 14.7. The summed E-state index contributed by atoms with van der Waals surface area (Å²) >= 11 is 7.50. The van der Waals surface area contributed by atoms with Crippen molar-refractivity contribution in [3.63, 3.8) is 0 Å². The van der Waals surface area contributed by atoms with Crippen molar-refractivity contribution in [3.05, 3.63) is 86.6 Å². The van der Waals surface area contributed by atoms with Gasteiger partial charge in [0.05, 0.1) is 16.9 Å². The second kappa shape index (κ2) is 17.8. The molecule has 2 saturated heterocycles. The van der Waals surface area contributed by atoms with Gasteiger partial charge in [-0.05, 0) is 68.4 Å². The molecule has 3 N–H and O–H groups in total. The van der Waals surface area contributed by atoms with Crippen LogP contribution in [-0.4, -0.2) is 86.5 Å². The zero-order valence-electron chi connectivity index (χ0n) is 32.1. The third kappa shape index (κ3) is 9.42. The number of nitrogens with one attached hydrogen (secondary N) is 3. The van der Waals surface area contributed by atoms with Crippen molar-refractivity contribution in [1.29, 1.82) is 0 Å². The van der Waals surface area contributed by atoms with Gasteiger partial charge in [0.2, 0.25) is 17.7 Å². The molecule has 16 heteroatoms. The van der Waals surface area contributed by atoms with Crippen molar-refractivity contribution in [2.45, 2.75) is 84.2 Å². The summed E-state index contributed by atoms with van der Waals surface area (Å²) in [5.41, 5.74) is 4.22. The molecule has 57 heavy (non-hydrogen) atoms. The van der Waals surface area contributed by atoms with Crippen molar-refractivity contribution >= 4 is 74.9 Å². The number of rotatable bonds is 14. The largest absolute Gasteiger partial charge is 0.353 e. The number of thiazole rings is 1. The molecule has 3 aliphatic heterocycles. The average molecular weight is 812 g/mol. The third-order valence-corrected chi connectivity index (χ3v) is 11.9. The Labute approximate surface area is 340 Å². The molecular weight excluding hydrogens is 766 g/mol. The predicted molar refractivity (Wildman–Crippen MR) is 219 cm³/mol. The Morgan fingerprint density at radius 1 is 0.965 bits per heavy atom. The zero-order valence-corrected chi connectivity index (χ0v) is 33.7. The van der Waals surface area contributed by atoms with E-state index in [0.717, 1.165) is 61.0 Å². The van der Waals surface area contributed by atoms with Crippen LogP contribution in [0.2, 0.25) is 5.02 Å². The maximum atomic E-state index is 13.1. The number of imide groups is 1. The summed E-state index contributed by atoms with van der Waals surface area (Å²) in [6.45, 7) is 6.66. The molecule has 1 unspecified atom stereocenters. The molecule has 0 radical (unpaired) electrons. The van der Waals surface area contributed by atoms with Crippen LogP contribution in [0.25, 0.3) is 0 Å². The van der Waals surface area contributed by atoms with Crippen LogP contribution in [-0.2, 0) is 27.3 Å². The Morgan fingerprint density at radius 3 is 2.53 bits per heavy atom. The van der Waals surface area contributed by atoms with E-state index in [-0.39, 0.29) is 30.0 Å². The molecule has 0 saturated carbocycles. The molecule has 298 valence electrons. The topological polar surface area (TPSA) is 170 Å². The molecular formula is C41H46ClN9O5S. The quantitative estimate of drug-likeness (QED) is 0.0986. The van der Waals surface area contributed by atoms with E-state index in [0.29, 0.717) is 83.5 Å². The number of carbonyl (C=O) groups is 5. The van der Waals surface area contributed by atoms with E-state index < -0.39 is 11.9 Å². The highest BCUT2D eigenvalue weighted by molar-refractivity contribution is 7.17. The Kier molecular flexibility index (Phi) is 12.4. The van der Waals surface area contributed by atoms with Crippen LogP contribution >= 0.6 is 22.9 Å². The van der Waals surface area contributed by atoms with Crippen molar-refractivity contribution in [2.75, 3.05) is 41.7 Å². The first-order chi connectivity index (χ1) is 27.5. The molecule has 0 aliphatic carbocycles. The molecule has 1 atom stereocenters. The van der Waals surface area contributed by atoms with Crippen molar-refractivity contribution in [1.82, 2.24) is 30.1 Å². The van der Waals surface area contributed by atoms with Gasteiger partial charge < -0.3 is 25.3 Å². The minimum atomic E-state index is -0.610. The van der Waals surface area contributed by atoms with Crippen LogP contribution in [0.5, 0.6) is 0 Å². The average Bonchev–Trinajstić information content (AvgIpc) is 3.80. The van der Waals surface area contributed by atoms with E-state index in [1.54, 1.807) is 11.0 Å². The Hall–Kier alpha value is -5.41. The van der Waals surface area contributed by atoms with E-state index in [1.807, 2.05) is 49.1 Å². The number of piperazine rings is 1. The molecule has 3 aliphatic rings. The standard InChI is InChI=1S/C41H46ClN9O5S/c1-25-10-8-14-30(42)37(25)48-39(55)32-23-43-41(57-32)46-33-22-34(45-26(2)44-33)49-18-20-50(21-19-49)36(53)15-7-5-3-4-6-11-27-12-9-13-28-29(27)24-51(40(28)56)31-16-17-35(52)47-38(31)54/h8-10,12-14,22-23,31H,3-7,11,15-21,24H2,1-2H3,(H,48,55)(H,47,52,54)(H,43,44,45,46). The van der Waals surface area contributed by atoms with Crippen LogP contribution in [0.1, 0.15) is 93.9 Å². The first kappa shape index (κ1) is 39.8. The lowest BCUT2D eigenvalue weighted by Gasteiger charge is -2.35. The van der Waals surface area contributed by atoms with E-state index in [4.69, 9.17) is 11.6 Å². The predicted octanol–water partition coefficient (Wildman–Crippen LogP) is 6.19. The first-order valence-corrected chi connectivity index (χ1v) is 20.7. The molecule has 5 heterocycles. The summed E-state index contributed by atoms with van der Waals surface area (Å²) in [6.07, 6.45) is 8.33. The van der Waals surface area contributed by atoms with E-state index in [9.17, 15) is 24.0 Å². The molecule has 0 spiro atoms. The summed E-state index contributed by atoms with van der Waals surface area (Å²) in [7, 11) is 0. The summed E-state index contributed by atoms with van der Waals surface area (Å²) in [6, 6.07) is 12.5. The van der Waals surface area contributed by atoms with E-state index in [2.05, 4.69) is 41.9 Å². The van der Waals surface area contributed by atoms with Crippen LogP contribution < -0.4 is 20.9 Å². The zero-order chi connectivity index (χ0) is 40.1. The SMILES string of the molecule is Cc1nc(Nc2ncc(C(=O)Nc3c(C)cccc3Cl)s2)cc(N2CCN(C(=O)CCCCCCCc3cccc4c3CN(C3CCC(=O)NC3=O)C4=O)CC2)n1. The number of fused-ring (bicyclic) bond motifs is 1. The number of piperidine rings is 1. The van der Waals surface area contributed by atoms with E-state index in [1.165, 1.54) is 17.5 Å². The van der Waals surface area contributed by atoms with E-state index >= 15 is 0 Å². The summed E-state index contributed by atoms with van der Waals surface area (Å²) in [4.78, 5) is 82.8. The Bertz CT molecular complexity index is 2170. The Morgan fingerprint density at radius 2 is 1.74 bits per heavy atom. The van der Waals surface area contributed by atoms with Gasteiger partial charge >= 0.3 is 0 Å². The lowest BCUT2D eigenvalue weighted by atomic mass is 9.98. The van der Waals surface area contributed by atoms with Crippen LogP contribution in [0.4, 0.5) is 22.5 Å². The first-order valence-electron chi connectivity index (χ1n) is 19.5. The maximum absolute atomic E-state index is 13.1. The number of hydrogen-bond acceptors (Lipinski definition) is 11. The highest BCUT2D eigenvalue weighted by Crippen LogP contribution is 2.32. The molecule has 4 aromatic rings. The molecule has 2 aromatic carbocycles. The number of amides is 5. The molecule has 2 aromatic heterocycles. The summed E-state index contributed by atoms with van der Waals surface area (Å²) in [5.74, 6) is 0.977. The van der Waals surface area contributed by atoms with Gasteiger partial charge in [-0.15, -0.1) is 0 Å². The fraction of sp³-hybridized carbons (Fsp3) is 0.415. The van der Waals surface area contributed by atoms with Gasteiger partial charge in [-0.1, -0.05) is 66.5 Å². The van der Waals surface area contributed by atoms with Crippen molar-refractivity contribution in [2.24, 2.45) is 0 Å². The van der Waals surface area contributed by atoms with Gasteiger partial charge in [0.15, 0.2) is 5.13 Å². The summed E-state index contributed by atoms with van der Waals surface area (Å²) < 4.78 is 0. The number of hydrogen-bond donors (Lipinski definition) is 3. The second-order valence-corrected chi connectivity index (χ2v) is 16.1. The smallest absolute Gasteiger partial charge is 0.267 e. The minimum Gasteiger partial charge on any atom is -0.353 e. The van der Waals surface area contributed by atoms with Gasteiger partial charge in [-0.3, -0.25) is 29.3 Å². The number of para-hydroxylation sites is 1. The van der Waals surface area contributed by atoms with Crippen molar-refractivity contribution in [3.8, 4) is 0 Å². The molecule has 5 amide bonds. The number of halogens is 1. The maximum Gasteiger partial charge on any atom is 0.267 e. The summed E-state index contributed by atoms with van der Waals surface area (Å²) in [5, 5.41) is 9.44. The van der Waals surface area contributed by atoms with Gasteiger partial charge in [0, 0.05) is 57.2 Å². The monoisotopic (exact) mass is 811 g/mol. The van der Waals surface area contributed by atoms with Crippen LogP contribution in [0.15, 0.2) is 48.7 Å². The van der Waals surface area contributed by atoms with Gasteiger partial charge in [0.25, 0.3) is 11.8 Å². The lowest BCUT2D eigenvalue weighted by Crippen LogP contribution is -2.52. The van der Waals surface area contributed by atoms with Crippen LogP contribution in [0.3, 0.4) is 0 Å². The molecule has 7 rings (SSSR count). The van der Waals surface area contributed by atoms with Gasteiger partial charge in [0.1, 0.15) is 28.4 Å². The number of benzene rings is 2. The number of carbonyl (C=O) groups excluding carboxylic acids is 5. The number of aromatic nitrogens is 3. The fourth-order valence-electron chi connectivity index (χ4n) is 7.64. The molecule has 0 bridgehead atoms. The van der Waals surface area contributed by atoms with Crippen LogP contribution in [0, 0.1) is 13.8 Å². The Balaban J connectivity index is 0.812. The molecule has 2 fully saturated rings. The minimum absolute atomic E-state index is 0.143. The van der Waals surface area contributed by atoms with Gasteiger partial charge in [-0.2, -0.15) is 0 Å². The lowest BCUT2D eigenvalue weighted by molar-refractivity contribution is -0.137.